The highest BCUT2D eigenvalue weighted by Gasteiger charge is 2.26. The summed E-state index contributed by atoms with van der Waals surface area (Å²) in [6.45, 7) is 0. The SMILES string of the molecule is COc1cc(F)c(-c2c3ccc(F)cc3c(-c3ccc(F)c(F)c3)c3c(F)ccc(F)c23)c(F)c1. The van der Waals surface area contributed by atoms with Crippen LogP contribution in [0.15, 0.2) is 60.7 Å². The van der Waals surface area contributed by atoms with Crippen molar-refractivity contribution >= 4 is 21.5 Å². The molecule has 0 N–H and O–H groups in total. The quantitative estimate of drug-likeness (QED) is 0.184. The van der Waals surface area contributed by atoms with Gasteiger partial charge in [0.05, 0.1) is 12.7 Å². The van der Waals surface area contributed by atoms with E-state index in [1.54, 1.807) is 0 Å². The average molecular weight is 486 g/mol. The van der Waals surface area contributed by atoms with Gasteiger partial charge in [0.2, 0.25) is 0 Å². The van der Waals surface area contributed by atoms with Gasteiger partial charge in [-0.3, -0.25) is 0 Å². The molecule has 0 aromatic heterocycles. The first-order valence-corrected chi connectivity index (χ1v) is 10.2. The van der Waals surface area contributed by atoms with Crippen molar-refractivity contribution in [2.24, 2.45) is 0 Å². The standard InChI is InChI=1S/C27H13F7O/c1-35-14-10-21(33)25(22(34)11-14)24-15-4-3-13(28)9-16(15)23(12-2-5-17(29)20(32)8-12)26-18(30)6-7-19(31)27(24)26/h2-11H,1H3. The fourth-order valence-electron chi connectivity index (χ4n) is 4.37. The Morgan fingerprint density at radius 1 is 0.486 bits per heavy atom. The number of hydrogen-bond donors (Lipinski definition) is 0. The second-order valence-electron chi connectivity index (χ2n) is 7.81. The van der Waals surface area contributed by atoms with E-state index >= 15 is 17.6 Å². The minimum absolute atomic E-state index is 0.0360. The molecule has 176 valence electrons. The van der Waals surface area contributed by atoms with Crippen LogP contribution >= 0.6 is 0 Å². The molecule has 8 heteroatoms. The largest absolute Gasteiger partial charge is 0.497 e. The molecule has 1 nitrogen and oxygen atoms in total. The lowest BCUT2D eigenvalue weighted by molar-refractivity contribution is 0.407. The number of ether oxygens (including phenoxy) is 1. The molecule has 0 saturated heterocycles. The fourth-order valence-corrected chi connectivity index (χ4v) is 4.37. The summed E-state index contributed by atoms with van der Waals surface area (Å²) in [6.07, 6.45) is 0. The van der Waals surface area contributed by atoms with E-state index < -0.39 is 57.1 Å². The Kier molecular flexibility index (Phi) is 5.39. The van der Waals surface area contributed by atoms with E-state index in [1.165, 1.54) is 7.11 Å². The number of benzene rings is 5. The Morgan fingerprint density at radius 3 is 1.69 bits per heavy atom. The molecule has 5 aromatic carbocycles. The van der Waals surface area contributed by atoms with Gasteiger partial charge in [-0.15, -0.1) is 0 Å². The van der Waals surface area contributed by atoms with E-state index in [1.807, 2.05) is 0 Å². The van der Waals surface area contributed by atoms with Crippen LogP contribution in [0.2, 0.25) is 0 Å². The van der Waals surface area contributed by atoms with Crippen LogP contribution in [0.1, 0.15) is 0 Å². The number of rotatable bonds is 3. The zero-order valence-electron chi connectivity index (χ0n) is 17.8. The van der Waals surface area contributed by atoms with Gasteiger partial charge in [0.1, 0.15) is 34.8 Å². The van der Waals surface area contributed by atoms with Gasteiger partial charge in [-0.2, -0.15) is 0 Å². The third-order valence-corrected chi connectivity index (χ3v) is 5.83. The summed E-state index contributed by atoms with van der Waals surface area (Å²) in [5, 5.41) is -1.10. The number of fused-ring (bicyclic) bond motifs is 2. The van der Waals surface area contributed by atoms with Gasteiger partial charge in [0.25, 0.3) is 0 Å². The molecule has 0 saturated carbocycles. The van der Waals surface area contributed by atoms with E-state index in [-0.39, 0.29) is 33.2 Å². The van der Waals surface area contributed by atoms with E-state index in [0.29, 0.717) is 0 Å². The zero-order chi connectivity index (χ0) is 25.0. The lowest BCUT2D eigenvalue weighted by Gasteiger charge is -2.19. The maximum atomic E-state index is 15.3. The second kappa shape index (κ2) is 8.30. The van der Waals surface area contributed by atoms with Crippen molar-refractivity contribution in [3.63, 3.8) is 0 Å². The predicted molar refractivity (Wildman–Crippen MR) is 119 cm³/mol. The minimum Gasteiger partial charge on any atom is -0.497 e. The van der Waals surface area contributed by atoms with E-state index in [2.05, 4.69) is 0 Å². The van der Waals surface area contributed by atoms with Crippen molar-refractivity contribution in [2.75, 3.05) is 7.11 Å². The summed E-state index contributed by atoms with van der Waals surface area (Å²) >= 11 is 0. The smallest absolute Gasteiger partial charge is 0.159 e. The molecule has 0 heterocycles. The highest BCUT2D eigenvalue weighted by molar-refractivity contribution is 6.21. The van der Waals surface area contributed by atoms with Crippen molar-refractivity contribution in [3.8, 4) is 28.0 Å². The van der Waals surface area contributed by atoms with Crippen molar-refractivity contribution in [1.82, 2.24) is 0 Å². The first-order valence-electron chi connectivity index (χ1n) is 10.2. The summed E-state index contributed by atoms with van der Waals surface area (Å²) in [5.41, 5.74) is -1.30. The minimum atomic E-state index is -1.27. The van der Waals surface area contributed by atoms with Crippen LogP contribution in [-0.4, -0.2) is 7.11 Å². The van der Waals surface area contributed by atoms with Gasteiger partial charge in [0, 0.05) is 34.0 Å². The van der Waals surface area contributed by atoms with E-state index in [4.69, 9.17) is 4.74 Å². The normalized spacial score (nSPS) is 11.4. The molecule has 0 aliphatic carbocycles. The van der Waals surface area contributed by atoms with Gasteiger partial charge in [0.15, 0.2) is 11.6 Å². The zero-order valence-corrected chi connectivity index (χ0v) is 17.8. The highest BCUT2D eigenvalue weighted by atomic mass is 19.2. The van der Waals surface area contributed by atoms with Crippen molar-refractivity contribution in [1.29, 1.82) is 0 Å². The fraction of sp³-hybridized carbons (Fsp3) is 0.0370. The van der Waals surface area contributed by atoms with Crippen molar-refractivity contribution < 1.29 is 35.5 Å². The number of hydrogen-bond acceptors (Lipinski definition) is 1. The molecule has 5 aromatic rings. The molecular weight excluding hydrogens is 473 g/mol. The Morgan fingerprint density at radius 2 is 1.09 bits per heavy atom. The highest BCUT2D eigenvalue weighted by Crippen LogP contribution is 2.47. The van der Waals surface area contributed by atoms with E-state index in [0.717, 1.165) is 60.7 Å². The Labute approximate surface area is 194 Å². The summed E-state index contributed by atoms with van der Waals surface area (Å²) in [6, 6.07) is 9.10. The number of methoxy groups -OCH3 is 1. The van der Waals surface area contributed by atoms with Gasteiger partial charge >= 0.3 is 0 Å². The molecule has 0 aliphatic rings. The topological polar surface area (TPSA) is 9.23 Å². The molecule has 0 bridgehead atoms. The summed E-state index contributed by atoms with van der Waals surface area (Å²) in [7, 11) is 1.20. The monoisotopic (exact) mass is 486 g/mol. The molecular formula is C27H13F7O. The first kappa shape index (κ1) is 22.7. The Hall–Kier alpha value is -4.07. The molecule has 0 radical (unpaired) electrons. The van der Waals surface area contributed by atoms with Crippen LogP contribution < -0.4 is 4.74 Å². The van der Waals surface area contributed by atoms with Crippen LogP contribution in [0, 0.1) is 40.7 Å². The van der Waals surface area contributed by atoms with Crippen LogP contribution in [0.5, 0.6) is 5.75 Å². The van der Waals surface area contributed by atoms with Crippen molar-refractivity contribution in [2.45, 2.75) is 0 Å². The maximum absolute atomic E-state index is 15.3. The van der Waals surface area contributed by atoms with Crippen LogP contribution in [0.3, 0.4) is 0 Å². The second-order valence-corrected chi connectivity index (χ2v) is 7.81. The lowest BCUT2D eigenvalue weighted by Crippen LogP contribution is -2.00. The molecule has 0 fully saturated rings. The van der Waals surface area contributed by atoms with Gasteiger partial charge in [-0.1, -0.05) is 12.1 Å². The third-order valence-electron chi connectivity index (χ3n) is 5.83. The Balaban J connectivity index is 2.07. The molecule has 0 atom stereocenters. The van der Waals surface area contributed by atoms with Crippen molar-refractivity contribution in [3.05, 3.63) is 101 Å². The molecule has 35 heavy (non-hydrogen) atoms. The molecule has 0 amide bonds. The summed E-state index contributed by atoms with van der Waals surface area (Å²) in [5.74, 6) is -7.68. The van der Waals surface area contributed by atoms with Gasteiger partial charge in [-0.05, 0) is 52.7 Å². The lowest BCUT2D eigenvalue weighted by atomic mass is 9.85. The van der Waals surface area contributed by atoms with Gasteiger partial charge in [-0.25, -0.2) is 30.7 Å². The maximum Gasteiger partial charge on any atom is 0.159 e. The first-order chi connectivity index (χ1) is 16.7. The van der Waals surface area contributed by atoms with Crippen LogP contribution in [0.25, 0.3) is 43.8 Å². The Bertz CT molecular complexity index is 1640. The van der Waals surface area contributed by atoms with Crippen LogP contribution in [0.4, 0.5) is 30.7 Å². The number of halogens is 7. The van der Waals surface area contributed by atoms with Gasteiger partial charge < -0.3 is 4.74 Å². The predicted octanol–water partition coefficient (Wildman–Crippen LogP) is 8.31. The summed E-state index contributed by atoms with van der Waals surface area (Å²) < 4.78 is 108. The molecule has 0 aliphatic heterocycles. The molecule has 0 spiro atoms. The third kappa shape index (κ3) is 3.56. The summed E-state index contributed by atoms with van der Waals surface area (Å²) in [4.78, 5) is 0. The van der Waals surface area contributed by atoms with E-state index in [9.17, 15) is 13.2 Å². The molecule has 0 unspecified atom stereocenters. The molecule has 5 rings (SSSR count). The average Bonchev–Trinajstić information content (AvgIpc) is 2.82. The van der Waals surface area contributed by atoms with Crippen LogP contribution in [-0.2, 0) is 0 Å².